The number of ether oxygens (including phenoxy) is 1. The van der Waals surface area contributed by atoms with E-state index < -0.39 is 28.4 Å². The fraction of sp³-hybridized carbons (Fsp3) is 0.238. The molecular formula is C21H19BrN2O7. The topological polar surface area (TPSA) is 130 Å². The van der Waals surface area contributed by atoms with E-state index in [1.165, 1.54) is 29.2 Å². The Bertz CT molecular complexity index is 1040. The summed E-state index contributed by atoms with van der Waals surface area (Å²) in [5, 5.41) is 30.6. The molecule has 2 aromatic rings. The minimum atomic E-state index is -0.870. The van der Waals surface area contributed by atoms with Crippen LogP contribution in [0.4, 0.5) is 5.69 Å². The maximum atomic E-state index is 12.9. The summed E-state index contributed by atoms with van der Waals surface area (Å²) in [6, 6.07) is 11.2. The van der Waals surface area contributed by atoms with Gasteiger partial charge in [0.15, 0.2) is 0 Å². The molecule has 2 N–H and O–H groups in total. The van der Waals surface area contributed by atoms with Crippen molar-refractivity contribution in [2.24, 2.45) is 0 Å². The monoisotopic (exact) mass is 490 g/mol. The number of aliphatic hydroxyl groups is 2. The zero-order valence-electron chi connectivity index (χ0n) is 16.2. The lowest BCUT2D eigenvalue weighted by Crippen LogP contribution is -2.33. The van der Waals surface area contributed by atoms with Crippen LogP contribution in [-0.4, -0.2) is 58.1 Å². The number of carbonyl (C=O) groups excluding carboxylic acids is 2. The van der Waals surface area contributed by atoms with Crippen LogP contribution in [0, 0.1) is 10.1 Å². The first-order valence-corrected chi connectivity index (χ1v) is 10.1. The second-order valence-corrected chi connectivity index (χ2v) is 7.60. The first-order chi connectivity index (χ1) is 14.8. The second kappa shape index (κ2) is 9.82. The van der Waals surface area contributed by atoms with E-state index in [4.69, 9.17) is 9.84 Å². The second-order valence-electron chi connectivity index (χ2n) is 6.69. The van der Waals surface area contributed by atoms with Gasteiger partial charge in [0.05, 0.1) is 36.4 Å². The molecule has 9 nitrogen and oxygen atoms in total. The van der Waals surface area contributed by atoms with Crippen LogP contribution in [0.2, 0.25) is 0 Å². The summed E-state index contributed by atoms with van der Waals surface area (Å²) < 4.78 is 5.97. The van der Waals surface area contributed by atoms with E-state index >= 15 is 0 Å². The van der Waals surface area contributed by atoms with Crippen molar-refractivity contribution in [2.45, 2.75) is 6.04 Å². The number of likely N-dealkylation sites (tertiary alicyclic amines) is 1. The first-order valence-electron chi connectivity index (χ1n) is 9.32. The lowest BCUT2D eigenvalue weighted by molar-refractivity contribution is -0.384. The van der Waals surface area contributed by atoms with Crippen molar-refractivity contribution in [3.63, 3.8) is 0 Å². The quantitative estimate of drug-likeness (QED) is 0.145. The molecule has 0 saturated carbocycles. The van der Waals surface area contributed by atoms with Crippen molar-refractivity contribution >= 4 is 39.1 Å². The number of Topliss-reactive ketones (excluding diaryl/α,β-unsaturated/α-hetero) is 1. The Balaban J connectivity index is 2.06. The molecule has 1 aliphatic heterocycles. The summed E-state index contributed by atoms with van der Waals surface area (Å²) >= 11 is 3.37. The van der Waals surface area contributed by atoms with Gasteiger partial charge in [-0.15, -0.1) is 0 Å². The van der Waals surface area contributed by atoms with Gasteiger partial charge in [0.1, 0.15) is 5.76 Å². The van der Waals surface area contributed by atoms with E-state index in [1.54, 1.807) is 24.3 Å². The number of hydrogen-bond donors (Lipinski definition) is 2. The fourth-order valence-corrected chi connectivity index (χ4v) is 3.78. The molecule has 162 valence electrons. The number of ketones is 1. The van der Waals surface area contributed by atoms with Crippen LogP contribution in [0.3, 0.4) is 0 Å². The van der Waals surface area contributed by atoms with Crippen molar-refractivity contribution in [1.29, 1.82) is 0 Å². The normalized spacial score (nSPS) is 17.9. The highest BCUT2D eigenvalue weighted by Crippen LogP contribution is 2.40. The van der Waals surface area contributed by atoms with E-state index in [1.807, 2.05) is 0 Å². The number of rotatable bonds is 8. The Kier molecular flexibility index (Phi) is 7.16. The van der Waals surface area contributed by atoms with Crippen LogP contribution >= 0.6 is 15.9 Å². The van der Waals surface area contributed by atoms with E-state index in [0.717, 1.165) is 4.47 Å². The number of non-ortho nitro benzene ring substituents is 1. The maximum absolute atomic E-state index is 12.9. The molecule has 0 bridgehead atoms. The molecule has 2 aromatic carbocycles. The molecule has 1 amide bonds. The summed E-state index contributed by atoms with van der Waals surface area (Å²) in [6.45, 7) is 0.0801. The van der Waals surface area contributed by atoms with E-state index in [2.05, 4.69) is 15.9 Å². The van der Waals surface area contributed by atoms with Gasteiger partial charge in [-0.3, -0.25) is 19.7 Å². The van der Waals surface area contributed by atoms with Crippen LogP contribution in [0.15, 0.2) is 58.6 Å². The Hall–Kier alpha value is -3.08. The van der Waals surface area contributed by atoms with Gasteiger partial charge < -0.3 is 19.8 Å². The standard InChI is InChI=1S/C21H19BrN2O7/c22-15-3-1-2-14(12-15)18-17(19(26)13-4-6-16(7-5-13)24(29)30)20(27)21(28)23(18)8-10-31-11-9-25/h1-7,12,18,25-26H,8-11H2/b19-17+/t18-/m1/s1. The van der Waals surface area contributed by atoms with Gasteiger partial charge in [-0.2, -0.15) is 0 Å². The summed E-state index contributed by atoms with van der Waals surface area (Å²) in [4.78, 5) is 37.2. The average Bonchev–Trinajstić information content (AvgIpc) is 3.01. The van der Waals surface area contributed by atoms with Gasteiger partial charge in [0.25, 0.3) is 17.4 Å². The summed E-state index contributed by atoms with van der Waals surface area (Å²) in [5.74, 6) is -2.07. The average molecular weight is 491 g/mol. The van der Waals surface area contributed by atoms with Gasteiger partial charge >= 0.3 is 0 Å². The number of nitro benzene ring substituents is 1. The van der Waals surface area contributed by atoms with Gasteiger partial charge in [0.2, 0.25) is 0 Å². The molecule has 1 fully saturated rings. The third kappa shape index (κ3) is 4.82. The van der Waals surface area contributed by atoms with Gasteiger partial charge in [-0.25, -0.2) is 0 Å². The molecule has 1 saturated heterocycles. The Labute approximate surface area is 185 Å². The van der Waals surface area contributed by atoms with Crippen LogP contribution in [0.25, 0.3) is 5.76 Å². The number of benzene rings is 2. The van der Waals surface area contributed by atoms with E-state index in [-0.39, 0.29) is 43.2 Å². The van der Waals surface area contributed by atoms with Crippen LogP contribution in [0.5, 0.6) is 0 Å². The Morgan fingerprint density at radius 1 is 1.16 bits per heavy atom. The fourth-order valence-electron chi connectivity index (χ4n) is 3.36. The lowest BCUT2D eigenvalue weighted by Gasteiger charge is -2.25. The van der Waals surface area contributed by atoms with Gasteiger partial charge in [-0.05, 0) is 29.8 Å². The molecule has 0 unspecified atom stereocenters. The van der Waals surface area contributed by atoms with Crippen molar-refractivity contribution < 1.29 is 29.5 Å². The number of hydrogen-bond acceptors (Lipinski definition) is 7. The molecule has 1 aliphatic rings. The minimum Gasteiger partial charge on any atom is -0.507 e. The zero-order chi connectivity index (χ0) is 22.5. The summed E-state index contributed by atoms with van der Waals surface area (Å²) in [6.07, 6.45) is 0. The van der Waals surface area contributed by atoms with Crippen molar-refractivity contribution in [3.8, 4) is 0 Å². The number of nitrogens with zero attached hydrogens (tertiary/aromatic N) is 2. The number of halogens is 1. The van der Waals surface area contributed by atoms with Gasteiger partial charge in [-0.1, -0.05) is 28.1 Å². The third-order valence-electron chi connectivity index (χ3n) is 4.77. The first kappa shape index (κ1) is 22.6. The van der Waals surface area contributed by atoms with Crippen molar-refractivity contribution in [1.82, 2.24) is 4.90 Å². The van der Waals surface area contributed by atoms with Crippen LogP contribution in [-0.2, 0) is 14.3 Å². The number of amides is 1. The molecule has 0 aliphatic carbocycles. The maximum Gasteiger partial charge on any atom is 0.295 e. The van der Waals surface area contributed by atoms with Crippen molar-refractivity contribution in [2.75, 3.05) is 26.4 Å². The molecular weight excluding hydrogens is 472 g/mol. The SMILES string of the molecule is O=C1C(=O)N(CCOCCO)[C@H](c2cccc(Br)c2)/C1=C(\O)c1ccc([N+](=O)[O-])cc1. The molecule has 0 radical (unpaired) electrons. The van der Waals surface area contributed by atoms with Crippen LogP contribution < -0.4 is 0 Å². The number of nitro groups is 1. The molecule has 3 rings (SSSR count). The third-order valence-corrected chi connectivity index (χ3v) is 5.26. The van der Waals surface area contributed by atoms with Gasteiger partial charge in [0, 0.05) is 28.7 Å². The van der Waals surface area contributed by atoms with Crippen LogP contribution in [0.1, 0.15) is 17.2 Å². The molecule has 1 heterocycles. The molecule has 10 heteroatoms. The highest BCUT2D eigenvalue weighted by atomic mass is 79.9. The van der Waals surface area contributed by atoms with Crippen molar-refractivity contribution in [3.05, 3.63) is 79.8 Å². The molecule has 1 atom stereocenters. The number of carbonyl (C=O) groups is 2. The minimum absolute atomic E-state index is 0.0682. The Morgan fingerprint density at radius 2 is 1.87 bits per heavy atom. The predicted molar refractivity (Wildman–Crippen MR) is 114 cm³/mol. The highest BCUT2D eigenvalue weighted by Gasteiger charge is 2.45. The largest absolute Gasteiger partial charge is 0.507 e. The number of aliphatic hydroxyl groups excluding tert-OH is 2. The van der Waals surface area contributed by atoms with E-state index in [9.17, 15) is 24.8 Å². The molecule has 0 spiro atoms. The summed E-state index contributed by atoms with van der Waals surface area (Å²) in [7, 11) is 0. The Morgan fingerprint density at radius 3 is 2.48 bits per heavy atom. The zero-order valence-corrected chi connectivity index (χ0v) is 17.8. The smallest absolute Gasteiger partial charge is 0.295 e. The predicted octanol–water partition coefficient (Wildman–Crippen LogP) is 2.79. The molecule has 31 heavy (non-hydrogen) atoms. The summed E-state index contributed by atoms with van der Waals surface area (Å²) in [5.41, 5.74) is 0.500. The highest BCUT2D eigenvalue weighted by molar-refractivity contribution is 9.10. The molecule has 0 aromatic heterocycles. The lowest BCUT2D eigenvalue weighted by atomic mass is 9.95. The van der Waals surface area contributed by atoms with E-state index in [0.29, 0.717) is 5.56 Å².